The third kappa shape index (κ3) is 3.85. The molecule has 0 aliphatic rings. The summed E-state index contributed by atoms with van der Waals surface area (Å²) in [6.45, 7) is 2.16. The van der Waals surface area contributed by atoms with Crippen molar-refractivity contribution in [3.63, 3.8) is 0 Å². The Bertz CT molecular complexity index is 599. The molecule has 3 N–H and O–H groups in total. The van der Waals surface area contributed by atoms with E-state index in [9.17, 15) is 4.79 Å². The fourth-order valence-corrected chi connectivity index (χ4v) is 1.86. The van der Waals surface area contributed by atoms with Crippen molar-refractivity contribution < 1.29 is 9.53 Å². The molecule has 0 aromatic heterocycles. The minimum Gasteiger partial charge on any atom is -0.497 e. The number of hydrogen-bond donors (Lipinski definition) is 2. The summed E-state index contributed by atoms with van der Waals surface area (Å²) in [4.78, 5) is 11.4. The van der Waals surface area contributed by atoms with Crippen molar-refractivity contribution in [2.75, 3.05) is 7.11 Å². The van der Waals surface area contributed by atoms with Crippen molar-refractivity contribution >= 4 is 29.1 Å². The maximum Gasteiger partial charge on any atom is 0.236 e. The topological polar surface area (TPSA) is 64.3 Å². The molecule has 0 aliphatic heterocycles. The molecule has 1 amide bonds. The van der Waals surface area contributed by atoms with Crippen molar-refractivity contribution in [3.05, 3.63) is 42.0 Å². The van der Waals surface area contributed by atoms with E-state index in [2.05, 4.69) is 11.4 Å². The molecule has 2 aromatic rings. The van der Waals surface area contributed by atoms with Gasteiger partial charge in [0, 0.05) is 6.54 Å². The lowest BCUT2D eigenvalue weighted by atomic mass is 10.1. The molecule has 2 aromatic carbocycles. The Morgan fingerprint density at radius 1 is 1.25 bits per heavy atom. The van der Waals surface area contributed by atoms with E-state index in [1.54, 1.807) is 14.0 Å². The van der Waals surface area contributed by atoms with Gasteiger partial charge in [-0.2, -0.15) is 0 Å². The molecule has 0 fully saturated rings. The third-order valence-corrected chi connectivity index (χ3v) is 2.99. The molecule has 1 atom stereocenters. The summed E-state index contributed by atoms with van der Waals surface area (Å²) >= 11 is 0. The highest BCUT2D eigenvalue weighted by molar-refractivity contribution is 5.85. The van der Waals surface area contributed by atoms with Crippen molar-refractivity contribution in [1.29, 1.82) is 0 Å². The van der Waals surface area contributed by atoms with E-state index in [4.69, 9.17) is 10.5 Å². The Labute approximate surface area is 124 Å². The molecule has 0 spiro atoms. The molecule has 1 unspecified atom stereocenters. The summed E-state index contributed by atoms with van der Waals surface area (Å²) in [5.74, 6) is 0.695. The molecule has 20 heavy (non-hydrogen) atoms. The van der Waals surface area contributed by atoms with Gasteiger partial charge in [-0.1, -0.05) is 18.2 Å². The Hall–Kier alpha value is -1.78. The van der Waals surface area contributed by atoms with Crippen LogP contribution in [0.25, 0.3) is 10.8 Å². The summed E-state index contributed by atoms with van der Waals surface area (Å²) in [5.41, 5.74) is 6.54. The standard InChI is InChI=1S/C15H18N2O2.ClH/c1-10(16)15(18)17-9-11-3-4-13-8-14(19-2)6-5-12(13)7-11;/h3-8,10H,9,16H2,1-2H3,(H,17,18);1H. The zero-order valence-corrected chi connectivity index (χ0v) is 12.4. The zero-order chi connectivity index (χ0) is 13.8. The number of methoxy groups -OCH3 is 1. The number of benzene rings is 2. The highest BCUT2D eigenvalue weighted by Crippen LogP contribution is 2.21. The van der Waals surface area contributed by atoms with Crippen molar-refractivity contribution in [2.45, 2.75) is 19.5 Å². The Morgan fingerprint density at radius 2 is 1.90 bits per heavy atom. The first kappa shape index (κ1) is 16.3. The average Bonchev–Trinajstić information content (AvgIpc) is 2.43. The number of halogens is 1. The number of carbonyl (C=O) groups is 1. The smallest absolute Gasteiger partial charge is 0.236 e. The second-order valence-electron chi connectivity index (χ2n) is 4.55. The predicted molar refractivity (Wildman–Crippen MR) is 83.2 cm³/mol. The quantitative estimate of drug-likeness (QED) is 0.909. The number of nitrogens with two attached hydrogens (primary N) is 1. The largest absolute Gasteiger partial charge is 0.497 e. The van der Waals surface area contributed by atoms with Crippen LogP contribution in [-0.2, 0) is 11.3 Å². The zero-order valence-electron chi connectivity index (χ0n) is 11.6. The SMILES string of the molecule is COc1ccc2cc(CNC(=O)C(C)N)ccc2c1.Cl. The first-order chi connectivity index (χ1) is 9.10. The molecule has 5 heteroatoms. The van der Waals surface area contributed by atoms with Crippen LogP contribution in [0.2, 0.25) is 0 Å². The van der Waals surface area contributed by atoms with Gasteiger partial charge in [-0.05, 0) is 41.5 Å². The van der Waals surface area contributed by atoms with E-state index >= 15 is 0 Å². The minimum absolute atomic E-state index is 0. The van der Waals surface area contributed by atoms with Crippen LogP contribution >= 0.6 is 12.4 Å². The van der Waals surface area contributed by atoms with E-state index in [0.29, 0.717) is 6.54 Å². The molecule has 108 valence electrons. The van der Waals surface area contributed by atoms with Gasteiger partial charge in [0.2, 0.25) is 5.91 Å². The molecule has 0 heterocycles. The van der Waals surface area contributed by atoms with E-state index in [1.165, 1.54) is 0 Å². The van der Waals surface area contributed by atoms with Gasteiger partial charge < -0.3 is 15.8 Å². The maximum atomic E-state index is 11.4. The number of rotatable bonds is 4. The van der Waals surface area contributed by atoms with Crippen LogP contribution in [0.4, 0.5) is 0 Å². The Kier molecular flexibility index (Phi) is 5.80. The summed E-state index contributed by atoms with van der Waals surface area (Å²) in [7, 11) is 1.65. The first-order valence-corrected chi connectivity index (χ1v) is 6.20. The third-order valence-electron chi connectivity index (χ3n) is 2.99. The first-order valence-electron chi connectivity index (χ1n) is 6.20. The summed E-state index contributed by atoms with van der Waals surface area (Å²) < 4.78 is 5.19. The number of nitrogens with one attached hydrogen (secondary N) is 1. The van der Waals surface area contributed by atoms with Crippen molar-refractivity contribution in [1.82, 2.24) is 5.32 Å². The molecule has 4 nitrogen and oxygen atoms in total. The summed E-state index contributed by atoms with van der Waals surface area (Å²) in [6, 6.07) is 11.5. The predicted octanol–water partition coefficient (Wildman–Crippen LogP) is 2.23. The van der Waals surface area contributed by atoms with Gasteiger partial charge in [0.25, 0.3) is 0 Å². The van der Waals surface area contributed by atoms with Gasteiger partial charge in [-0.25, -0.2) is 0 Å². The average molecular weight is 295 g/mol. The summed E-state index contributed by atoms with van der Waals surface area (Å²) in [6.07, 6.45) is 0. The Balaban J connectivity index is 0.00000200. The van der Waals surface area contributed by atoms with Crippen LogP contribution in [0, 0.1) is 0 Å². The van der Waals surface area contributed by atoms with Gasteiger partial charge in [-0.15, -0.1) is 12.4 Å². The number of fused-ring (bicyclic) bond motifs is 1. The van der Waals surface area contributed by atoms with Gasteiger partial charge in [0.05, 0.1) is 13.2 Å². The van der Waals surface area contributed by atoms with Gasteiger partial charge in [0.1, 0.15) is 5.75 Å². The lowest BCUT2D eigenvalue weighted by Crippen LogP contribution is -2.37. The Morgan fingerprint density at radius 3 is 2.55 bits per heavy atom. The fourth-order valence-electron chi connectivity index (χ4n) is 1.86. The molecule has 0 saturated heterocycles. The van der Waals surface area contributed by atoms with Crippen molar-refractivity contribution in [3.8, 4) is 5.75 Å². The van der Waals surface area contributed by atoms with E-state index < -0.39 is 6.04 Å². The molecule has 0 bridgehead atoms. The maximum absolute atomic E-state index is 11.4. The highest BCUT2D eigenvalue weighted by Gasteiger charge is 2.06. The molecule has 0 saturated carbocycles. The van der Waals surface area contributed by atoms with Crippen LogP contribution in [0.5, 0.6) is 5.75 Å². The number of ether oxygens (including phenoxy) is 1. The van der Waals surface area contributed by atoms with Gasteiger partial charge in [-0.3, -0.25) is 4.79 Å². The monoisotopic (exact) mass is 294 g/mol. The van der Waals surface area contributed by atoms with Gasteiger partial charge >= 0.3 is 0 Å². The molecule has 2 rings (SSSR count). The number of hydrogen-bond acceptors (Lipinski definition) is 3. The van der Waals surface area contributed by atoms with Crippen LogP contribution in [0.1, 0.15) is 12.5 Å². The van der Waals surface area contributed by atoms with E-state index in [-0.39, 0.29) is 18.3 Å². The van der Waals surface area contributed by atoms with Crippen LogP contribution in [-0.4, -0.2) is 19.1 Å². The van der Waals surface area contributed by atoms with E-state index in [1.807, 2.05) is 30.3 Å². The second kappa shape index (κ2) is 7.12. The lowest BCUT2D eigenvalue weighted by Gasteiger charge is -2.09. The normalized spacial score (nSPS) is 11.6. The fraction of sp³-hybridized carbons (Fsp3) is 0.267. The number of carbonyl (C=O) groups excluding carboxylic acids is 1. The molecular formula is C15H19ClN2O2. The van der Waals surface area contributed by atoms with Crippen LogP contribution in [0.3, 0.4) is 0 Å². The molecule has 0 aliphatic carbocycles. The van der Waals surface area contributed by atoms with Gasteiger partial charge in [0.15, 0.2) is 0 Å². The molecule has 0 radical (unpaired) electrons. The lowest BCUT2D eigenvalue weighted by molar-refractivity contribution is -0.122. The molecular weight excluding hydrogens is 276 g/mol. The van der Waals surface area contributed by atoms with Crippen molar-refractivity contribution in [2.24, 2.45) is 5.73 Å². The number of amides is 1. The second-order valence-corrected chi connectivity index (χ2v) is 4.55. The highest BCUT2D eigenvalue weighted by atomic mass is 35.5. The van der Waals surface area contributed by atoms with Crippen LogP contribution < -0.4 is 15.8 Å². The van der Waals surface area contributed by atoms with E-state index in [0.717, 1.165) is 22.1 Å². The minimum atomic E-state index is -0.482. The summed E-state index contributed by atoms with van der Waals surface area (Å²) in [5, 5.41) is 5.03. The van der Waals surface area contributed by atoms with Crippen LogP contribution in [0.15, 0.2) is 36.4 Å².